The smallest absolute Gasteiger partial charge is 0.315 e. The Kier molecular flexibility index (Phi) is 8.79. The minimum Gasteiger partial charge on any atom is -0.315 e. The highest BCUT2D eigenvalue weighted by Crippen LogP contribution is 2.27. The summed E-state index contributed by atoms with van der Waals surface area (Å²) in [7, 11) is 0. The molecule has 192 valence electrons. The first kappa shape index (κ1) is 27.3. The Hall–Kier alpha value is -3.32. The molecule has 8 heteroatoms. The molecule has 0 atom stereocenters. The molecule has 0 bridgehead atoms. The fourth-order valence-electron chi connectivity index (χ4n) is 3.72. The van der Waals surface area contributed by atoms with Crippen LogP contribution in [0, 0.1) is 13.8 Å². The van der Waals surface area contributed by atoms with Crippen molar-refractivity contribution in [3.8, 4) is 5.69 Å². The summed E-state index contributed by atoms with van der Waals surface area (Å²) in [6, 6.07) is 14.7. The lowest BCUT2D eigenvalue weighted by Gasteiger charge is -2.23. The topological polar surface area (TPSA) is 79.3 Å². The van der Waals surface area contributed by atoms with Gasteiger partial charge in [-0.2, -0.15) is 5.10 Å². The molecule has 0 unspecified atom stereocenters. The summed E-state index contributed by atoms with van der Waals surface area (Å²) in [6.45, 7) is 12.6. The molecule has 0 aliphatic carbocycles. The van der Waals surface area contributed by atoms with Crippen LogP contribution in [0.5, 0.6) is 0 Å². The second-order valence-corrected chi connectivity index (χ2v) is 10.6. The van der Waals surface area contributed by atoms with Gasteiger partial charge in [-0.3, -0.25) is 4.79 Å². The summed E-state index contributed by atoms with van der Waals surface area (Å²) < 4.78 is 1.70. The Morgan fingerprint density at radius 1 is 1.03 bits per heavy atom. The van der Waals surface area contributed by atoms with Gasteiger partial charge in [-0.25, -0.2) is 9.48 Å². The van der Waals surface area contributed by atoms with Crippen LogP contribution in [0.15, 0.2) is 48.5 Å². The van der Waals surface area contributed by atoms with E-state index in [2.05, 4.69) is 38.3 Å². The number of hydrogen-bond acceptors (Lipinski definition) is 3. The minimum absolute atomic E-state index is 0.0760. The number of halogens is 1. The van der Waals surface area contributed by atoms with Crippen LogP contribution in [0.3, 0.4) is 0 Å². The van der Waals surface area contributed by atoms with Crippen LogP contribution in [0.2, 0.25) is 5.02 Å². The second-order valence-electron chi connectivity index (χ2n) is 10.1. The first-order valence-corrected chi connectivity index (χ1v) is 12.6. The minimum atomic E-state index is -0.299. The molecule has 36 heavy (non-hydrogen) atoms. The molecule has 0 aliphatic heterocycles. The molecule has 1 aromatic heterocycles. The third-order valence-electron chi connectivity index (χ3n) is 5.84. The van der Waals surface area contributed by atoms with Crippen LogP contribution in [-0.4, -0.2) is 39.7 Å². The summed E-state index contributed by atoms with van der Waals surface area (Å²) in [5, 5.41) is 11.3. The van der Waals surface area contributed by atoms with Gasteiger partial charge in [0.05, 0.1) is 11.4 Å². The summed E-state index contributed by atoms with van der Waals surface area (Å²) in [6.07, 6.45) is 1.71. The number of rotatable bonds is 8. The fourth-order valence-corrected chi connectivity index (χ4v) is 3.85. The Labute approximate surface area is 218 Å². The molecule has 2 N–H and O–H groups in total. The highest BCUT2D eigenvalue weighted by molar-refractivity contribution is 6.30. The first-order valence-electron chi connectivity index (χ1n) is 12.3. The van der Waals surface area contributed by atoms with Gasteiger partial charge in [-0.15, -0.1) is 0 Å². The number of carbonyl (C=O) groups excluding carboxylic acids is 2. The number of hydrogen-bond donors (Lipinski definition) is 2. The largest absolute Gasteiger partial charge is 0.322 e. The predicted molar refractivity (Wildman–Crippen MR) is 147 cm³/mol. The normalized spacial score (nSPS) is 11.3. The zero-order valence-corrected chi connectivity index (χ0v) is 22.7. The van der Waals surface area contributed by atoms with Gasteiger partial charge in [0.25, 0.3) is 0 Å². The van der Waals surface area contributed by atoms with Crippen molar-refractivity contribution in [2.75, 3.05) is 23.7 Å². The maximum absolute atomic E-state index is 13.2. The van der Waals surface area contributed by atoms with E-state index in [1.165, 1.54) is 0 Å². The average molecular weight is 510 g/mol. The zero-order chi connectivity index (χ0) is 26.5. The van der Waals surface area contributed by atoms with Crippen LogP contribution in [0.1, 0.15) is 57.4 Å². The molecule has 1 heterocycles. The average Bonchev–Trinajstić information content (AvgIpc) is 3.23. The van der Waals surface area contributed by atoms with Gasteiger partial charge < -0.3 is 15.5 Å². The summed E-state index contributed by atoms with van der Waals surface area (Å²) in [5.74, 6) is 0.245. The molecule has 0 radical (unpaired) electrons. The third-order valence-corrected chi connectivity index (χ3v) is 6.10. The van der Waals surface area contributed by atoms with Crippen LogP contribution < -0.4 is 10.6 Å². The molecule has 3 amide bonds. The Morgan fingerprint density at radius 3 is 2.33 bits per heavy atom. The van der Waals surface area contributed by atoms with Crippen molar-refractivity contribution in [2.45, 2.75) is 59.8 Å². The third kappa shape index (κ3) is 7.10. The molecule has 0 saturated heterocycles. The van der Waals surface area contributed by atoms with Gasteiger partial charge in [-0.05, 0) is 56.2 Å². The lowest BCUT2D eigenvalue weighted by molar-refractivity contribution is -0.116. The van der Waals surface area contributed by atoms with Crippen molar-refractivity contribution in [1.29, 1.82) is 0 Å². The molecule has 2 aromatic carbocycles. The highest BCUT2D eigenvalue weighted by Gasteiger charge is 2.23. The molecular weight excluding hydrogens is 474 g/mol. The lowest BCUT2D eigenvalue weighted by atomic mass is 9.92. The zero-order valence-electron chi connectivity index (χ0n) is 22.0. The van der Waals surface area contributed by atoms with Crippen molar-refractivity contribution in [1.82, 2.24) is 14.7 Å². The number of amides is 3. The van der Waals surface area contributed by atoms with Crippen molar-refractivity contribution < 1.29 is 9.59 Å². The van der Waals surface area contributed by atoms with Gasteiger partial charge in [0, 0.05) is 28.7 Å². The molecule has 7 nitrogen and oxygen atoms in total. The number of anilines is 2. The molecular formula is C28H36ClN5O2. The first-order chi connectivity index (χ1) is 17.0. The number of nitrogens with one attached hydrogen (secondary N) is 2. The van der Waals surface area contributed by atoms with Gasteiger partial charge >= 0.3 is 6.03 Å². The number of aryl methyl sites for hydroxylation is 2. The number of urea groups is 1. The Balaban J connectivity index is 1.81. The Bertz CT molecular complexity index is 1210. The SMILES string of the molecule is CCCCN(CC(=O)Nc1cc(C(C)(C)C)nn1-c1ccc(Cl)cc1)C(=O)Nc1ccc(C)cc1C. The molecule has 0 spiro atoms. The van der Waals surface area contributed by atoms with E-state index < -0.39 is 0 Å². The number of carbonyl (C=O) groups is 2. The number of unbranched alkanes of at least 4 members (excludes halogenated alkanes) is 1. The van der Waals surface area contributed by atoms with Crippen LogP contribution in [0.25, 0.3) is 5.69 Å². The molecule has 0 fully saturated rings. The van der Waals surface area contributed by atoms with Crippen LogP contribution in [-0.2, 0) is 10.2 Å². The predicted octanol–water partition coefficient (Wildman–Crippen LogP) is 6.71. The van der Waals surface area contributed by atoms with Crippen LogP contribution in [0.4, 0.5) is 16.3 Å². The van der Waals surface area contributed by atoms with Crippen molar-refractivity contribution in [2.24, 2.45) is 0 Å². The van der Waals surface area contributed by atoms with Crippen molar-refractivity contribution in [3.63, 3.8) is 0 Å². The lowest BCUT2D eigenvalue weighted by Crippen LogP contribution is -2.41. The van der Waals surface area contributed by atoms with Crippen molar-refractivity contribution in [3.05, 3.63) is 70.4 Å². The quantitative estimate of drug-likeness (QED) is 0.354. The van der Waals surface area contributed by atoms with E-state index >= 15 is 0 Å². The van der Waals surface area contributed by atoms with Gasteiger partial charge in [0.15, 0.2) is 0 Å². The number of nitrogens with zero attached hydrogens (tertiary/aromatic N) is 3. The van der Waals surface area contributed by atoms with E-state index in [-0.39, 0.29) is 23.9 Å². The highest BCUT2D eigenvalue weighted by atomic mass is 35.5. The van der Waals surface area contributed by atoms with Crippen molar-refractivity contribution >= 4 is 35.0 Å². The molecule has 3 aromatic rings. The van der Waals surface area contributed by atoms with E-state index in [0.29, 0.717) is 17.4 Å². The van der Waals surface area contributed by atoms with Gasteiger partial charge in [0.2, 0.25) is 5.91 Å². The van der Waals surface area contributed by atoms with E-state index in [1.807, 2.05) is 50.2 Å². The van der Waals surface area contributed by atoms with Gasteiger partial charge in [-0.1, -0.05) is 63.4 Å². The fraction of sp³-hybridized carbons (Fsp3) is 0.393. The van der Waals surface area contributed by atoms with Crippen LogP contribution >= 0.6 is 11.6 Å². The second kappa shape index (κ2) is 11.6. The summed E-state index contributed by atoms with van der Waals surface area (Å²) >= 11 is 6.06. The van der Waals surface area contributed by atoms with Gasteiger partial charge in [0.1, 0.15) is 12.4 Å². The monoisotopic (exact) mass is 509 g/mol. The Morgan fingerprint density at radius 2 is 1.72 bits per heavy atom. The summed E-state index contributed by atoms with van der Waals surface area (Å²) in [5.41, 5.74) is 4.24. The molecule has 0 aliphatic rings. The van der Waals surface area contributed by atoms with E-state index in [9.17, 15) is 9.59 Å². The molecule has 3 rings (SSSR count). The van der Waals surface area contributed by atoms with E-state index in [0.717, 1.165) is 41.0 Å². The molecule has 0 saturated carbocycles. The van der Waals surface area contributed by atoms with E-state index in [4.69, 9.17) is 16.7 Å². The number of benzene rings is 2. The maximum Gasteiger partial charge on any atom is 0.322 e. The number of aromatic nitrogens is 2. The van der Waals surface area contributed by atoms with E-state index in [1.54, 1.807) is 21.7 Å². The standard InChI is InChI=1S/C28H36ClN5O2/c1-7-8-15-33(27(36)30-23-14-9-19(2)16-20(23)3)18-26(35)31-25-17-24(28(4,5)6)32-34(25)22-12-10-21(29)11-13-22/h9-14,16-17H,7-8,15,18H2,1-6H3,(H,30,36)(H,31,35). The maximum atomic E-state index is 13.2. The summed E-state index contributed by atoms with van der Waals surface area (Å²) in [4.78, 5) is 27.8.